The van der Waals surface area contributed by atoms with Crippen LogP contribution in [0.1, 0.15) is 18.5 Å². The minimum Gasteiger partial charge on any atom is -0.466 e. The number of carbonyl (C=O) groups is 1. The molecule has 0 aromatic heterocycles. The van der Waals surface area contributed by atoms with E-state index in [2.05, 4.69) is 10.9 Å². The summed E-state index contributed by atoms with van der Waals surface area (Å²) < 4.78 is 5.00. The van der Waals surface area contributed by atoms with E-state index in [-0.39, 0.29) is 23.6 Å². The Labute approximate surface area is 110 Å². The molecule has 102 valence electrons. The monoisotopic (exact) mass is 265 g/mol. The number of hydrogen-bond acceptors (Lipinski definition) is 6. The molecule has 2 atom stereocenters. The molecule has 0 spiro atoms. The fourth-order valence-electron chi connectivity index (χ4n) is 2.11. The van der Waals surface area contributed by atoms with Crippen molar-refractivity contribution in [1.29, 1.82) is 0 Å². The Hall–Kier alpha value is -1.99. The van der Waals surface area contributed by atoms with Crippen LogP contribution < -0.4 is 10.9 Å². The highest BCUT2D eigenvalue weighted by molar-refractivity contribution is 5.74. The number of nitrogens with zero attached hydrogens (tertiary/aromatic N) is 1. The number of rotatable bonds is 4. The molecular weight excluding hydrogens is 250 g/mol. The molecule has 2 unspecified atom stereocenters. The van der Waals surface area contributed by atoms with Gasteiger partial charge in [-0.25, -0.2) is 5.43 Å². The maximum atomic E-state index is 11.8. The van der Waals surface area contributed by atoms with Crippen LogP contribution in [0, 0.1) is 16.0 Å². The first-order chi connectivity index (χ1) is 9.13. The fraction of sp³-hybridized carbons (Fsp3) is 0.417. The van der Waals surface area contributed by atoms with Crippen molar-refractivity contribution in [3.05, 3.63) is 39.9 Å². The van der Waals surface area contributed by atoms with E-state index in [0.717, 1.165) is 0 Å². The predicted molar refractivity (Wildman–Crippen MR) is 67.1 cm³/mol. The fourth-order valence-corrected chi connectivity index (χ4v) is 2.11. The van der Waals surface area contributed by atoms with Gasteiger partial charge in [0.05, 0.1) is 23.5 Å². The van der Waals surface area contributed by atoms with Crippen molar-refractivity contribution in [2.75, 3.05) is 13.2 Å². The van der Waals surface area contributed by atoms with E-state index < -0.39 is 4.92 Å². The van der Waals surface area contributed by atoms with Gasteiger partial charge in [0.25, 0.3) is 5.69 Å². The number of nitro benzene ring substituents is 1. The molecule has 1 aliphatic heterocycles. The molecular formula is C12H15N3O4. The summed E-state index contributed by atoms with van der Waals surface area (Å²) in [6, 6.07) is 5.93. The molecule has 0 radical (unpaired) electrons. The average molecular weight is 265 g/mol. The van der Waals surface area contributed by atoms with E-state index in [1.54, 1.807) is 19.1 Å². The number of carbonyl (C=O) groups excluding carboxylic acids is 1. The zero-order valence-electron chi connectivity index (χ0n) is 10.5. The number of nitrogens with one attached hydrogen (secondary N) is 2. The summed E-state index contributed by atoms with van der Waals surface area (Å²) >= 11 is 0. The lowest BCUT2D eigenvalue weighted by atomic mass is 9.95. The van der Waals surface area contributed by atoms with Crippen molar-refractivity contribution < 1.29 is 14.5 Å². The Morgan fingerprint density at radius 1 is 1.58 bits per heavy atom. The van der Waals surface area contributed by atoms with Gasteiger partial charge in [-0.2, -0.15) is 0 Å². The van der Waals surface area contributed by atoms with E-state index in [1.165, 1.54) is 12.1 Å². The quantitative estimate of drug-likeness (QED) is 0.477. The summed E-state index contributed by atoms with van der Waals surface area (Å²) in [6.45, 7) is 2.50. The molecule has 2 rings (SSSR count). The molecule has 1 aliphatic rings. The normalized spacial score (nSPS) is 22.2. The lowest BCUT2D eigenvalue weighted by molar-refractivity contribution is -0.384. The predicted octanol–water partition coefficient (Wildman–Crippen LogP) is 0.923. The highest BCUT2D eigenvalue weighted by Gasteiger charge is 2.35. The first-order valence-electron chi connectivity index (χ1n) is 6.03. The van der Waals surface area contributed by atoms with Gasteiger partial charge < -0.3 is 4.74 Å². The summed E-state index contributed by atoms with van der Waals surface area (Å²) in [5.74, 6) is -0.696. The molecule has 1 fully saturated rings. The van der Waals surface area contributed by atoms with Crippen LogP contribution in [0.5, 0.6) is 0 Å². The van der Waals surface area contributed by atoms with Gasteiger partial charge in [0.1, 0.15) is 0 Å². The maximum absolute atomic E-state index is 11.8. The second-order valence-electron chi connectivity index (χ2n) is 4.21. The van der Waals surface area contributed by atoms with Crippen LogP contribution in [0.25, 0.3) is 0 Å². The van der Waals surface area contributed by atoms with Crippen molar-refractivity contribution in [1.82, 2.24) is 10.9 Å². The first-order valence-corrected chi connectivity index (χ1v) is 6.03. The molecule has 0 amide bonds. The topological polar surface area (TPSA) is 93.5 Å². The molecule has 7 nitrogen and oxygen atoms in total. The van der Waals surface area contributed by atoms with Crippen molar-refractivity contribution in [2.24, 2.45) is 5.92 Å². The molecule has 0 saturated carbocycles. The molecule has 1 heterocycles. The summed E-state index contributed by atoms with van der Waals surface area (Å²) in [7, 11) is 0. The zero-order chi connectivity index (χ0) is 13.8. The highest BCUT2D eigenvalue weighted by atomic mass is 16.6. The third kappa shape index (κ3) is 2.88. The van der Waals surface area contributed by atoms with E-state index >= 15 is 0 Å². The number of ether oxygens (including phenoxy) is 1. The number of benzene rings is 1. The van der Waals surface area contributed by atoms with E-state index in [9.17, 15) is 14.9 Å². The van der Waals surface area contributed by atoms with Gasteiger partial charge in [-0.3, -0.25) is 20.3 Å². The molecule has 0 bridgehead atoms. The first kappa shape index (κ1) is 13.4. The van der Waals surface area contributed by atoms with Crippen LogP contribution in [-0.4, -0.2) is 24.0 Å². The standard InChI is InChI=1S/C12H15N3O4/c1-2-19-12(16)10-7-13-14-11(10)8-4-3-5-9(6-8)15(17)18/h3-6,10-11,13-14H,2,7H2,1H3. The number of non-ortho nitro benzene ring substituents is 1. The Bertz CT molecular complexity index is 492. The minimum atomic E-state index is -0.453. The number of hydrogen-bond donors (Lipinski definition) is 2. The van der Waals surface area contributed by atoms with Crippen molar-refractivity contribution in [3.8, 4) is 0 Å². The smallest absolute Gasteiger partial charge is 0.312 e. The van der Waals surface area contributed by atoms with Crippen LogP contribution in [0.3, 0.4) is 0 Å². The Morgan fingerprint density at radius 2 is 2.37 bits per heavy atom. The molecule has 1 saturated heterocycles. The Balaban J connectivity index is 2.22. The number of esters is 1. The summed E-state index contributed by atoms with van der Waals surface area (Å²) in [5.41, 5.74) is 6.54. The minimum absolute atomic E-state index is 0.00816. The summed E-state index contributed by atoms with van der Waals surface area (Å²) in [4.78, 5) is 22.1. The lowest BCUT2D eigenvalue weighted by Gasteiger charge is -2.17. The van der Waals surface area contributed by atoms with Gasteiger partial charge in [-0.1, -0.05) is 12.1 Å². The van der Waals surface area contributed by atoms with Crippen molar-refractivity contribution in [3.63, 3.8) is 0 Å². The SMILES string of the molecule is CCOC(=O)C1CNNC1c1cccc([N+](=O)[O-])c1. The van der Waals surface area contributed by atoms with Gasteiger partial charge in [-0.15, -0.1) is 0 Å². The van der Waals surface area contributed by atoms with E-state index in [4.69, 9.17) is 4.74 Å². The zero-order valence-corrected chi connectivity index (χ0v) is 10.5. The second-order valence-corrected chi connectivity index (χ2v) is 4.21. The van der Waals surface area contributed by atoms with Crippen LogP contribution in [0.2, 0.25) is 0 Å². The van der Waals surface area contributed by atoms with E-state index in [0.29, 0.717) is 18.7 Å². The van der Waals surface area contributed by atoms with Crippen LogP contribution in [-0.2, 0) is 9.53 Å². The maximum Gasteiger partial charge on any atom is 0.312 e. The van der Waals surface area contributed by atoms with Crippen LogP contribution in [0.4, 0.5) is 5.69 Å². The van der Waals surface area contributed by atoms with Crippen LogP contribution >= 0.6 is 0 Å². The molecule has 0 aliphatic carbocycles. The Morgan fingerprint density at radius 3 is 3.05 bits per heavy atom. The lowest BCUT2D eigenvalue weighted by Crippen LogP contribution is -2.27. The number of nitro groups is 1. The second kappa shape index (κ2) is 5.77. The van der Waals surface area contributed by atoms with Gasteiger partial charge >= 0.3 is 5.97 Å². The van der Waals surface area contributed by atoms with Gasteiger partial charge in [-0.05, 0) is 12.5 Å². The van der Waals surface area contributed by atoms with Gasteiger partial charge in [0, 0.05) is 18.7 Å². The molecule has 7 heteroatoms. The van der Waals surface area contributed by atoms with Crippen molar-refractivity contribution >= 4 is 11.7 Å². The highest BCUT2D eigenvalue weighted by Crippen LogP contribution is 2.28. The Kier molecular flexibility index (Phi) is 4.08. The third-order valence-electron chi connectivity index (χ3n) is 3.01. The number of hydrazine groups is 1. The van der Waals surface area contributed by atoms with Crippen molar-refractivity contribution in [2.45, 2.75) is 13.0 Å². The van der Waals surface area contributed by atoms with Gasteiger partial charge in [0.2, 0.25) is 0 Å². The molecule has 1 aromatic carbocycles. The summed E-state index contributed by atoms with van der Waals surface area (Å²) in [6.07, 6.45) is 0. The largest absolute Gasteiger partial charge is 0.466 e. The van der Waals surface area contributed by atoms with Gasteiger partial charge in [0.15, 0.2) is 0 Å². The van der Waals surface area contributed by atoms with Crippen LogP contribution in [0.15, 0.2) is 24.3 Å². The van der Waals surface area contributed by atoms with E-state index in [1.807, 2.05) is 0 Å². The summed E-state index contributed by atoms with van der Waals surface area (Å²) in [5, 5.41) is 10.8. The third-order valence-corrected chi connectivity index (χ3v) is 3.01. The molecule has 19 heavy (non-hydrogen) atoms. The molecule has 2 N–H and O–H groups in total. The average Bonchev–Trinajstić information content (AvgIpc) is 2.88. The molecule has 1 aromatic rings.